The van der Waals surface area contributed by atoms with E-state index in [-0.39, 0.29) is 29.3 Å². The third-order valence-electron chi connectivity index (χ3n) is 4.55. The predicted molar refractivity (Wildman–Crippen MR) is 94.5 cm³/mol. The van der Waals surface area contributed by atoms with E-state index in [1.165, 1.54) is 13.1 Å². The van der Waals surface area contributed by atoms with E-state index in [2.05, 4.69) is 5.32 Å². The van der Waals surface area contributed by atoms with E-state index >= 15 is 0 Å². The molecule has 0 fully saturated rings. The molecule has 0 aliphatic carbocycles. The van der Waals surface area contributed by atoms with Crippen molar-refractivity contribution in [1.82, 2.24) is 10.2 Å². The maximum absolute atomic E-state index is 12.6. The normalized spacial score (nSPS) is 14.4. The quantitative estimate of drug-likeness (QED) is 0.873. The number of fused-ring (bicyclic) bond motifs is 1. The zero-order valence-corrected chi connectivity index (χ0v) is 14.5. The molecule has 128 valence electrons. The molecule has 0 saturated carbocycles. The van der Waals surface area contributed by atoms with Crippen LogP contribution in [-0.2, 0) is 0 Å². The molecule has 1 aliphatic heterocycles. The minimum absolute atomic E-state index is 0.110. The molecule has 0 bridgehead atoms. The van der Waals surface area contributed by atoms with E-state index in [1.807, 2.05) is 38.1 Å². The van der Waals surface area contributed by atoms with Crippen LogP contribution in [0.5, 0.6) is 0 Å². The van der Waals surface area contributed by atoms with E-state index in [9.17, 15) is 14.4 Å². The summed E-state index contributed by atoms with van der Waals surface area (Å²) < 4.78 is 0. The number of nitrogens with one attached hydrogen (secondary N) is 1. The first kappa shape index (κ1) is 16.9. The van der Waals surface area contributed by atoms with Gasteiger partial charge in [-0.05, 0) is 37.1 Å². The lowest BCUT2D eigenvalue weighted by Crippen LogP contribution is -2.28. The molecule has 1 N–H and O–H groups in total. The zero-order valence-electron chi connectivity index (χ0n) is 14.5. The van der Waals surface area contributed by atoms with Gasteiger partial charge in [0.2, 0.25) is 0 Å². The van der Waals surface area contributed by atoms with Gasteiger partial charge in [0, 0.05) is 12.6 Å². The molecule has 1 aliphatic rings. The Morgan fingerprint density at radius 2 is 1.68 bits per heavy atom. The van der Waals surface area contributed by atoms with Crippen molar-refractivity contribution in [2.45, 2.75) is 26.3 Å². The number of carbonyl (C=O) groups is 3. The van der Waals surface area contributed by atoms with E-state index < -0.39 is 0 Å². The van der Waals surface area contributed by atoms with Crippen molar-refractivity contribution in [3.63, 3.8) is 0 Å². The molecule has 0 unspecified atom stereocenters. The Labute approximate surface area is 146 Å². The first-order valence-electron chi connectivity index (χ1n) is 8.26. The second kappa shape index (κ2) is 6.51. The summed E-state index contributed by atoms with van der Waals surface area (Å²) in [7, 11) is 1.44. The summed E-state index contributed by atoms with van der Waals surface area (Å²) in [5.41, 5.74) is 3.20. The molecule has 1 atom stereocenters. The molecule has 3 rings (SSSR count). The van der Waals surface area contributed by atoms with Gasteiger partial charge in [0.1, 0.15) is 0 Å². The number of imide groups is 1. The lowest BCUT2D eigenvalue weighted by molar-refractivity contribution is 0.0693. The number of benzene rings is 2. The summed E-state index contributed by atoms with van der Waals surface area (Å²) in [6.07, 6.45) is 0.750. The van der Waals surface area contributed by atoms with E-state index in [4.69, 9.17) is 0 Å². The minimum atomic E-state index is -0.375. The van der Waals surface area contributed by atoms with Crippen LogP contribution in [0.2, 0.25) is 0 Å². The molecule has 0 saturated heterocycles. The van der Waals surface area contributed by atoms with Crippen molar-refractivity contribution < 1.29 is 14.4 Å². The molecule has 2 aromatic carbocycles. The Balaban J connectivity index is 1.83. The van der Waals surface area contributed by atoms with Gasteiger partial charge in [0.25, 0.3) is 17.7 Å². The van der Waals surface area contributed by atoms with E-state index in [1.54, 1.807) is 12.1 Å². The molecular formula is C20H20N2O3. The Kier molecular flexibility index (Phi) is 4.40. The van der Waals surface area contributed by atoms with E-state index in [0.717, 1.165) is 22.4 Å². The number of nitrogens with zero attached hydrogens (tertiary/aromatic N) is 1. The van der Waals surface area contributed by atoms with Crippen LogP contribution in [0.3, 0.4) is 0 Å². The minimum Gasteiger partial charge on any atom is -0.345 e. The van der Waals surface area contributed by atoms with Crippen LogP contribution in [0.1, 0.15) is 61.6 Å². The zero-order chi connectivity index (χ0) is 18.1. The van der Waals surface area contributed by atoms with Gasteiger partial charge in [0.05, 0.1) is 17.2 Å². The average Bonchev–Trinajstić information content (AvgIpc) is 2.84. The molecule has 0 spiro atoms. The average molecular weight is 336 g/mol. The van der Waals surface area contributed by atoms with Gasteiger partial charge in [-0.15, -0.1) is 0 Å². The van der Waals surface area contributed by atoms with Crippen LogP contribution >= 0.6 is 0 Å². The molecule has 0 radical (unpaired) electrons. The highest BCUT2D eigenvalue weighted by molar-refractivity contribution is 6.21. The smallest absolute Gasteiger partial charge is 0.261 e. The Hall–Kier alpha value is -2.95. The first-order chi connectivity index (χ1) is 11.9. The number of rotatable bonds is 4. The van der Waals surface area contributed by atoms with Crippen LogP contribution in [-0.4, -0.2) is 29.7 Å². The monoisotopic (exact) mass is 336 g/mol. The van der Waals surface area contributed by atoms with Crippen LogP contribution < -0.4 is 5.32 Å². The molecule has 5 nitrogen and oxygen atoms in total. The van der Waals surface area contributed by atoms with Gasteiger partial charge in [-0.3, -0.25) is 19.3 Å². The van der Waals surface area contributed by atoms with Crippen LogP contribution in [0.15, 0.2) is 42.5 Å². The summed E-state index contributed by atoms with van der Waals surface area (Å²) in [6, 6.07) is 12.5. The summed E-state index contributed by atoms with van der Waals surface area (Å²) >= 11 is 0. The summed E-state index contributed by atoms with van der Waals surface area (Å²) in [4.78, 5) is 37.7. The van der Waals surface area contributed by atoms with E-state index in [0.29, 0.717) is 11.1 Å². The maximum Gasteiger partial charge on any atom is 0.261 e. The molecular weight excluding hydrogens is 316 g/mol. The number of carbonyl (C=O) groups excluding carboxylic acids is 3. The Bertz CT molecular complexity index is 856. The molecule has 25 heavy (non-hydrogen) atoms. The summed E-state index contributed by atoms with van der Waals surface area (Å²) in [5.74, 6) is -0.969. The second-order valence-corrected chi connectivity index (χ2v) is 6.27. The highest BCUT2D eigenvalue weighted by atomic mass is 16.2. The van der Waals surface area contributed by atoms with Crippen molar-refractivity contribution in [1.29, 1.82) is 0 Å². The van der Waals surface area contributed by atoms with Crippen LogP contribution in [0.4, 0.5) is 0 Å². The van der Waals surface area contributed by atoms with Gasteiger partial charge in [-0.25, -0.2) is 0 Å². The third-order valence-corrected chi connectivity index (χ3v) is 4.55. The van der Waals surface area contributed by atoms with Crippen molar-refractivity contribution in [3.05, 3.63) is 70.3 Å². The fourth-order valence-electron chi connectivity index (χ4n) is 2.96. The largest absolute Gasteiger partial charge is 0.345 e. The Morgan fingerprint density at radius 1 is 1.04 bits per heavy atom. The van der Waals surface area contributed by atoms with Gasteiger partial charge in [-0.1, -0.05) is 36.8 Å². The highest BCUT2D eigenvalue weighted by Gasteiger charge is 2.33. The lowest BCUT2D eigenvalue weighted by Gasteiger charge is -2.18. The van der Waals surface area contributed by atoms with Gasteiger partial charge in [0.15, 0.2) is 0 Å². The standard InChI is InChI=1S/C20H20N2O3/c1-4-17(13-7-5-12(2)6-8-13)21-18(23)14-9-10-15-16(11-14)20(25)22(3)19(15)24/h5-11,17H,4H2,1-3H3,(H,21,23)/t17-/m0/s1. The predicted octanol–water partition coefficient (Wildman–Crippen LogP) is 3.10. The highest BCUT2D eigenvalue weighted by Crippen LogP contribution is 2.23. The topological polar surface area (TPSA) is 66.5 Å². The number of aryl methyl sites for hydroxylation is 1. The fourth-order valence-corrected chi connectivity index (χ4v) is 2.96. The second-order valence-electron chi connectivity index (χ2n) is 6.27. The van der Waals surface area contributed by atoms with Gasteiger partial charge in [-0.2, -0.15) is 0 Å². The maximum atomic E-state index is 12.6. The summed E-state index contributed by atoms with van der Waals surface area (Å²) in [5, 5.41) is 3.00. The first-order valence-corrected chi connectivity index (χ1v) is 8.26. The molecule has 0 aromatic heterocycles. The van der Waals surface area contributed by atoms with Crippen molar-refractivity contribution in [3.8, 4) is 0 Å². The van der Waals surface area contributed by atoms with Gasteiger partial charge < -0.3 is 5.32 Å². The van der Waals surface area contributed by atoms with Crippen molar-refractivity contribution in [2.24, 2.45) is 0 Å². The Morgan fingerprint density at radius 3 is 2.32 bits per heavy atom. The number of hydrogen-bond donors (Lipinski definition) is 1. The number of hydrogen-bond acceptors (Lipinski definition) is 3. The third kappa shape index (κ3) is 3.05. The van der Waals surface area contributed by atoms with Gasteiger partial charge >= 0.3 is 0 Å². The summed E-state index contributed by atoms with van der Waals surface area (Å²) in [6.45, 7) is 4.02. The van der Waals surface area contributed by atoms with Crippen molar-refractivity contribution in [2.75, 3.05) is 7.05 Å². The van der Waals surface area contributed by atoms with Crippen LogP contribution in [0.25, 0.3) is 0 Å². The molecule has 1 heterocycles. The fraction of sp³-hybridized carbons (Fsp3) is 0.250. The molecule has 2 aromatic rings. The number of amides is 3. The lowest BCUT2D eigenvalue weighted by atomic mass is 10.0. The molecule has 5 heteroatoms. The molecule has 3 amide bonds. The SMILES string of the molecule is CC[C@H](NC(=O)c1ccc2c(c1)C(=O)N(C)C2=O)c1ccc(C)cc1. The van der Waals surface area contributed by atoms with Crippen LogP contribution in [0, 0.1) is 6.92 Å². The van der Waals surface area contributed by atoms with Crippen molar-refractivity contribution >= 4 is 17.7 Å².